The number of fused-ring (bicyclic) bond motifs is 1. The Balaban J connectivity index is 2.86. The van der Waals surface area contributed by atoms with E-state index in [1.54, 1.807) is 0 Å². The lowest BCUT2D eigenvalue weighted by Gasteiger charge is -1.83. The van der Waals surface area contributed by atoms with Crippen LogP contribution in [-0.4, -0.2) is 4.37 Å². The second kappa shape index (κ2) is 2.39. The van der Waals surface area contributed by atoms with E-state index in [4.69, 9.17) is 5.53 Å². The van der Waals surface area contributed by atoms with E-state index in [0.717, 1.165) is 10.1 Å². The maximum Gasteiger partial charge on any atom is 0.197 e. The van der Waals surface area contributed by atoms with Gasteiger partial charge in [-0.3, -0.25) is 0 Å². The fourth-order valence-corrected chi connectivity index (χ4v) is 1.66. The number of hydrogen-bond donors (Lipinski definition) is 0. The van der Waals surface area contributed by atoms with Crippen LogP contribution in [0.2, 0.25) is 0 Å². The summed E-state index contributed by atoms with van der Waals surface area (Å²) in [5.74, 6) is 0.408. The third kappa shape index (κ3) is 0.914. The van der Waals surface area contributed by atoms with Crippen LogP contribution in [0.4, 0.5) is 5.82 Å². The van der Waals surface area contributed by atoms with Crippen molar-refractivity contribution in [3.8, 4) is 0 Å². The molecule has 0 aliphatic rings. The van der Waals surface area contributed by atoms with E-state index < -0.39 is 0 Å². The lowest BCUT2D eigenvalue weighted by atomic mass is 10.3. The highest BCUT2D eigenvalue weighted by atomic mass is 32.1. The Morgan fingerprint density at radius 2 is 2.18 bits per heavy atom. The molecule has 4 heteroatoms. The molecule has 0 amide bonds. The predicted octanol–water partition coefficient (Wildman–Crippen LogP) is 2.18. The first-order valence-electron chi connectivity index (χ1n) is 3.11. The Kier molecular flexibility index (Phi) is 1.40. The van der Waals surface area contributed by atoms with E-state index in [1.165, 1.54) is 11.5 Å². The zero-order chi connectivity index (χ0) is 7.68. The van der Waals surface area contributed by atoms with Crippen LogP contribution in [0.15, 0.2) is 29.4 Å². The van der Waals surface area contributed by atoms with Gasteiger partial charge in [-0.15, -0.1) is 5.11 Å². The van der Waals surface area contributed by atoms with Gasteiger partial charge >= 0.3 is 0 Å². The molecule has 0 bridgehead atoms. The Morgan fingerprint density at radius 3 is 3.00 bits per heavy atom. The second-order valence-corrected chi connectivity index (χ2v) is 2.91. The molecule has 1 aromatic carbocycles. The molecule has 0 aliphatic carbocycles. The van der Waals surface area contributed by atoms with Crippen molar-refractivity contribution in [1.82, 2.24) is 9.90 Å². The summed E-state index contributed by atoms with van der Waals surface area (Å²) in [4.78, 5) is 0. The minimum absolute atomic E-state index is 0.408. The molecule has 0 unspecified atom stereocenters. The molecule has 3 nitrogen and oxygen atoms in total. The highest BCUT2D eigenvalue weighted by Gasteiger charge is 2.01. The van der Waals surface area contributed by atoms with Crippen molar-refractivity contribution >= 4 is 27.4 Å². The van der Waals surface area contributed by atoms with Gasteiger partial charge in [0.15, 0.2) is 5.82 Å². The van der Waals surface area contributed by atoms with Gasteiger partial charge in [-0.1, -0.05) is 12.1 Å². The van der Waals surface area contributed by atoms with Crippen LogP contribution in [0.1, 0.15) is 0 Å². The zero-order valence-electron chi connectivity index (χ0n) is 5.56. The Hall–Kier alpha value is -1.29. The third-order valence-electron chi connectivity index (χ3n) is 1.45. The minimum Gasteiger partial charge on any atom is -0.170 e. The van der Waals surface area contributed by atoms with Gasteiger partial charge in [-0.2, -0.15) is 4.37 Å². The fraction of sp³-hybridized carbons (Fsp3) is 0. The van der Waals surface area contributed by atoms with Crippen LogP contribution in [0, 0.1) is 0 Å². The van der Waals surface area contributed by atoms with E-state index in [0.29, 0.717) is 5.82 Å². The summed E-state index contributed by atoms with van der Waals surface area (Å²) in [7, 11) is 0. The first-order valence-corrected chi connectivity index (χ1v) is 3.88. The highest BCUT2D eigenvalue weighted by Crippen LogP contribution is 2.27. The number of rotatable bonds is 1. The standard InChI is InChI=1S/C7H4N3S/c8-9-7-5-3-1-2-4-6(5)11-10-7/h1-4H. The van der Waals surface area contributed by atoms with Crippen LogP contribution in [0.3, 0.4) is 0 Å². The molecule has 1 heterocycles. The first-order chi connectivity index (χ1) is 5.42. The van der Waals surface area contributed by atoms with Crippen LogP contribution in [0.5, 0.6) is 0 Å². The normalized spacial score (nSPS) is 10.2. The fourth-order valence-electron chi connectivity index (χ4n) is 0.945. The lowest BCUT2D eigenvalue weighted by Crippen LogP contribution is -1.62. The zero-order valence-corrected chi connectivity index (χ0v) is 6.38. The molecule has 0 atom stereocenters. The van der Waals surface area contributed by atoms with Crippen molar-refractivity contribution in [2.24, 2.45) is 5.11 Å². The molecule has 0 N–H and O–H groups in total. The summed E-state index contributed by atoms with van der Waals surface area (Å²) in [5.41, 5.74) is 8.49. The van der Waals surface area contributed by atoms with E-state index in [1.807, 2.05) is 24.3 Å². The van der Waals surface area contributed by atoms with Gasteiger partial charge in [-0.25, -0.2) is 0 Å². The average molecular weight is 162 g/mol. The molecule has 0 saturated carbocycles. The van der Waals surface area contributed by atoms with Gasteiger partial charge in [0.1, 0.15) is 0 Å². The van der Waals surface area contributed by atoms with E-state index >= 15 is 0 Å². The van der Waals surface area contributed by atoms with Crippen LogP contribution < -0.4 is 5.53 Å². The summed E-state index contributed by atoms with van der Waals surface area (Å²) in [6.07, 6.45) is 0. The summed E-state index contributed by atoms with van der Waals surface area (Å²) < 4.78 is 4.98. The Morgan fingerprint density at radius 1 is 1.36 bits per heavy atom. The molecule has 53 valence electrons. The van der Waals surface area contributed by atoms with Gasteiger partial charge in [0.05, 0.1) is 4.70 Å². The van der Waals surface area contributed by atoms with Gasteiger partial charge < -0.3 is 0 Å². The van der Waals surface area contributed by atoms with Crippen LogP contribution in [0.25, 0.3) is 10.1 Å². The highest BCUT2D eigenvalue weighted by molar-refractivity contribution is 7.13. The lowest BCUT2D eigenvalue weighted by molar-refractivity contribution is 1.27. The summed E-state index contributed by atoms with van der Waals surface area (Å²) in [6.45, 7) is 0. The monoisotopic (exact) mass is 162 g/mol. The summed E-state index contributed by atoms with van der Waals surface area (Å²) in [6, 6.07) is 7.66. The van der Waals surface area contributed by atoms with E-state index in [2.05, 4.69) is 9.49 Å². The van der Waals surface area contributed by atoms with Gasteiger partial charge in [-0.05, 0) is 29.2 Å². The summed E-state index contributed by atoms with van der Waals surface area (Å²) >= 11 is 1.33. The molecule has 2 rings (SSSR count). The summed E-state index contributed by atoms with van der Waals surface area (Å²) in [5, 5.41) is 3.96. The number of benzene rings is 1. The number of hydrogen-bond acceptors (Lipinski definition) is 3. The van der Waals surface area contributed by atoms with Crippen molar-refractivity contribution in [2.45, 2.75) is 0 Å². The van der Waals surface area contributed by atoms with Crippen molar-refractivity contribution in [2.75, 3.05) is 0 Å². The quantitative estimate of drug-likeness (QED) is 0.593. The minimum atomic E-state index is 0.408. The maximum absolute atomic E-state index is 8.49. The van der Waals surface area contributed by atoms with E-state index in [-0.39, 0.29) is 0 Å². The van der Waals surface area contributed by atoms with Crippen molar-refractivity contribution in [3.05, 3.63) is 24.3 Å². The number of nitrogens with zero attached hydrogens (tertiary/aromatic N) is 3. The van der Waals surface area contributed by atoms with Gasteiger partial charge in [0.2, 0.25) is 0 Å². The molecule has 0 fully saturated rings. The maximum atomic E-state index is 8.49. The molecule has 0 spiro atoms. The molecular formula is C7H4N3S. The first kappa shape index (κ1) is 6.42. The second-order valence-electron chi connectivity index (χ2n) is 2.10. The Labute approximate surface area is 67.4 Å². The topological polar surface area (TPSA) is 47.5 Å². The van der Waals surface area contributed by atoms with Crippen molar-refractivity contribution < 1.29 is 0 Å². The smallest absolute Gasteiger partial charge is 0.170 e. The SMILES string of the molecule is [N]=Nc1nsc2ccccc12. The van der Waals surface area contributed by atoms with Crippen LogP contribution >= 0.6 is 11.5 Å². The number of aromatic nitrogens is 1. The van der Waals surface area contributed by atoms with E-state index in [9.17, 15) is 0 Å². The molecule has 0 aliphatic heterocycles. The molecule has 1 aromatic heterocycles. The van der Waals surface area contributed by atoms with Crippen LogP contribution in [-0.2, 0) is 0 Å². The van der Waals surface area contributed by atoms with Gasteiger partial charge in [0, 0.05) is 5.39 Å². The molecule has 2 aromatic rings. The molecule has 0 saturated heterocycles. The molecular weight excluding hydrogens is 158 g/mol. The van der Waals surface area contributed by atoms with Crippen molar-refractivity contribution in [3.63, 3.8) is 0 Å². The predicted molar refractivity (Wildman–Crippen MR) is 43.8 cm³/mol. The Bertz CT molecular complexity index is 393. The van der Waals surface area contributed by atoms with Gasteiger partial charge in [0.25, 0.3) is 0 Å². The molecule has 1 radical (unpaired) electrons. The largest absolute Gasteiger partial charge is 0.197 e. The average Bonchev–Trinajstić information content (AvgIpc) is 2.47. The molecule has 11 heavy (non-hydrogen) atoms. The third-order valence-corrected chi connectivity index (χ3v) is 2.27. The van der Waals surface area contributed by atoms with Crippen molar-refractivity contribution in [1.29, 1.82) is 0 Å².